The maximum atomic E-state index is 12.3. The highest BCUT2D eigenvalue weighted by Crippen LogP contribution is 2.37. The molecule has 1 aliphatic rings. The van der Waals surface area contributed by atoms with Gasteiger partial charge in [0.05, 0.1) is 6.61 Å². The third-order valence-corrected chi connectivity index (χ3v) is 4.92. The number of rotatable bonds is 5. The summed E-state index contributed by atoms with van der Waals surface area (Å²) in [5.74, 6) is 0.473. The first-order chi connectivity index (χ1) is 12.0. The number of carbonyl (C=O) groups excluding carboxylic acids is 1. The van der Waals surface area contributed by atoms with Crippen LogP contribution >= 0.6 is 11.6 Å². The smallest absolute Gasteiger partial charge is 0.334 e. The molecule has 1 aliphatic heterocycles. The highest BCUT2D eigenvalue weighted by Gasteiger charge is 2.23. The Bertz CT molecular complexity index is 822. The predicted octanol–water partition coefficient (Wildman–Crippen LogP) is 4.82. The lowest BCUT2D eigenvalue weighted by atomic mass is 10.0. The molecule has 4 nitrogen and oxygen atoms in total. The third-order valence-electron chi connectivity index (χ3n) is 4.57. The largest absolute Gasteiger partial charge is 0.463 e. The lowest BCUT2D eigenvalue weighted by Crippen LogP contribution is -2.18. The van der Waals surface area contributed by atoms with Crippen LogP contribution < -0.4 is 0 Å². The van der Waals surface area contributed by atoms with Crippen molar-refractivity contribution in [3.63, 3.8) is 0 Å². The monoisotopic (exact) mass is 361 g/mol. The van der Waals surface area contributed by atoms with Crippen LogP contribution in [-0.2, 0) is 22.5 Å². The number of carbonyl (C=O) groups is 1. The van der Waals surface area contributed by atoms with E-state index in [0.717, 1.165) is 58.8 Å². The number of nitrogens with zero attached hydrogens (tertiary/aromatic N) is 1. The van der Waals surface area contributed by atoms with Crippen molar-refractivity contribution in [1.29, 1.82) is 0 Å². The molecule has 0 bridgehead atoms. The van der Waals surface area contributed by atoms with Crippen molar-refractivity contribution in [1.82, 2.24) is 4.90 Å². The summed E-state index contributed by atoms with van der Waals surface area (Å²) in [6, 6.07) is 3.81. The number of halogens is 1. The van der Waals surface area contributed by atoms with Gasteiger partial charge in [-0.05, 0) is 50.6 Å². The Balaban J connectivity index is 2.15. The number of furan rings is 1. The zero-order valence-electron chi connectivity index (χ0n) is 15.0. The molecule has 0 aliphatic carbocycles. The quantitative estimate of drug-likeness (QED) is 0.565. The fourth-order valence-electron chi connectivity index (χ4n) is 3.37. The standard InChI is InChI=1S/C20H24ClNO3/c1-4-6-13(20(23)24-5-2)11-18-15-12-22(3)10-9-14-16(21)7-8-17(25-18)19(14)15/h7-8,11H,4-6,9-10,12H2,1-3H3/b13-11+. The first-order valence-corrected chi connectivity index (χ1v) is 9.21. The van der Waals surface area contributed by atoms with Crippen LogP contribution in [0.4, 0.5) is 0 Å². The van der Waals surface area contributed by atoms with E-state index in [4.69, 9.17) is 20.8 Å². The van der Waals surface area contributed by atoms with Gasteiger partial charge < -0.3 is 14.1 Å². The molecular formula is C20H24ClNO3. The predicted molar refractivity (Wildman–Crippen MR) is 101 cm³/mol. The fourth-order valence-corrected chi connectivity index (χ4v) is 3.63. The summed E-state index contributed by atoms with van der Waals surface area (Å²) in [5.41, 5.74) is 3.72. The van der Waals surface area contributed by atoms with E-state index in [-0.39, 0.29) is 5.97 Å². The van der Waals surface area contributed by atoms with Gasteiger partial charge in [-0.25, -0.2) is 4.79 Å². The minimum Gasteiger partial charge on any atom is -0.463 e. The molecule has 0 atom stereocenters. The number of hydrogen-bond acceptors (Lipinski definition) is 4. The minimum atomic E-state index is -0.266. The number of esters is 1. The topological polar surface area (TPSA) is 42.7 Å². The zero-order chi connectivity index (χ0) is 18.0. The van der Waals surface area contributed by atoms with Crippen LogP contribution in [0.25, 0.3) is 17.0 Å². The molecule has 0 spiro atoms. The third kappa shape index (κ3) is 3.60. The van der Waals surface area contributed by atoms with Crippen LogP contribution in [-0.4, -0.2) is 31.1 Å². The fraction of sp³-hybridized carbons (Fsp3) is 0.450. The van der Waals surface area contributed by atoms with Gasteiger partial charge in [0.15, 0.2) is 0 Å². The first kappa shape index (κ1) is 18.0. The Morgan fingerprint density at radius 2 is 2.16 bits per heavy atom. The average Bonchev–Trinajstić information content (AvgIpc) is 2.80. The normalized spacial score (nSPS) is 15.4. The Hall–Kier alpha value is -1.78. The second-order valence-corrected chi connectivity index (χ2v) is 6.88. The molecular weight excluding hydrogens is 338 g/mol. The van der Waals surface area contributed by atoms with Gasteiger partial charge in [-0.1, -0.05) is 24.9 Å². The summed E-state index contributed by atoms with van der Waals surface area (Å²) < 4.78 is 11.3. The molecule has 134 valence electrons. The minimum absolute atomic E-state index is 0.266. The van der Waals surface area contributed by atoms with Crippen LogP contribution in [0, 0.1) is 0 Å². The van der Waals surface area contributed by atoms with Gasteiger partial charge in [0, 0.05) is 34.6 Å². The molecule has 2 heterocycles. The average molecular weight is 362 g/mol. The van der Waals surface area contributed by atoms with E-state index < -0.39 is 0 Å². The molecule has 0 N–H and O–H groups in total. The van der Waals surface area contributed by atoms with E-state index in [1.54, 1.807) is 0 Å². The Morgan fingerprint density at radius 1 is 1.36 bits per heavy atom. The summed E-state index contributed by atoms with van der Waals surface area (Å²) in [7, 11) is 2.09. The summed E-state index contributed by atoms with van der Waals surface area (Å²) in [5, 5.41) is 1.88. The van der Waals surface area contributed by atoms with Gasteiger partial charge in [-0.2, -0.15) is 0 Å². The molecule has 1 aromatic carbocycles. The maximum Gasteiger partial charge on any atom is 0.334 e. The van der Waals surface area contributed by atoms with Crippen LogP contribution in [0.1, 0.15) is 43.6 Å². The summed E-state index contributed by atoms with van der Waals surface area (Å²) >= 11 is 6.44. The van der Waals surface area contributed by atoms with E-state index in [2.05, 4.69) is 11.9 Å². The van der Waals surface area contributed by atoms with E-state index in [1.807, 2.05) is 32.1 Å². The van der Waals surface area contributed by atoms with Crippen molar-refractivity contribution in [2.45, 2.75) is 39.7 Å². The van der Waals surface area contributed by atoms with Gasteiger partial charge in [0.1, 0.15) is 11.3 Å². The highest BCUT2D eigenvalue weighted by atomic mass is 35.5. The number of likely N-dealkylation sites (N-methyl/N-ethyl adjacent to an activating group) is 1. The second kappa shape index (κ2) is 7.63. The molecule has 2 aromatic rings. The Morgan fingerprint density at radius 3 is 2.88 bits per heavy atom. The molecule has 3 rings (SSSR count). The van der Waals surface area contributed by atoms with Crippen molar-refractivity contribution >= 4 is 34.6 Å². The molecule has 0 saturated carbocycles. The molecule has 0 saturated heterocycles. The second-order valence-electron chi connectivity index (χ2n) is 6.47. The van der Waals surface area contributed by atoms with E-state index in [0.29, 0.717) is 18.6 Å². The van der Waals surface area contributed by atoms with Crippen LogP contribution in [0.2, 0.25) is 5.02 Å². The number of ether oxygens (including phenoxy) is 1. The molecule has 1 aromatic heterocycles. The van der Waals surface area contributed by atoms with Crippen molar-refractivity contribution in [2.75, 3.05) is 20.2 Å². The maximum absolute atomic E-state index is 12.3. The number of hydrogen-bond donors (Lipinski definition) is 0. The van der Waals surface area contributed by atoms with E-state index >= 15 is 0 Å². The van der Waals surface area contributed by atoms with Gasteiger partial charge in [0.2, 0.25) is 0 Å². The Labute approximate surface area is 153 Å². The van der Waals surface area contributed by atoms with Gasteiger partial charge >= 0.3 is 5.97 Å². The molecule has 25 heavy (non-hydrogen) atoms. The SMILES string of the molecule is CCC/C(=C\c1oc2ccc(Cl)c3c2c1CN(C)CC3)C(=O)OCC. The van der Waals surface area contributed by atoms with E-state index in [9.17, 15) is 4.79 Å². The van der Waals surface area contributed by atoms with Crippen molar-refractivity contribution < 1.29 is 13.9 Å². The summed E-state index contributed by atoms with van der Waals surface area (Å²) in [6.07, 6.45) is 4.28. The molecule has 0 amide bonds. The molecule has 0 fully saturated rings. The van der Waals surface area contributed by atoms with Crippen molar-refractivity contribution in [2.24, 2.45) is 0 Å². The van der Waals surface area contributed by atoms with Crippen LogP contribution in [0.3, 0.4) is 0 Å². The van der Waals surface area contributed by atoms with Crippen molar-refractivity contribution in [3.8, 4) is 0 Å². The molecule has 0 unspecified atom stereocenters. The number of benzene rings is 1. The van der Waals surface area contributed by atoms with Gasteiger partial charge in [-0.15, -0.1) is 0 Å². The van der Waals surface area contributed by atoms with Crippen LogP contribution in [0.15, 0.2) is 22.1 Å². The summed E-state index contributed by atoms with van der Waals surface area (Å²) in [6.45, 7) is 5.95. The molecule has 0 radical (unpaired) electrons. The van der Waals surface area contributed by atoms with Crippen LogP contribution in [0.5, 0.6) is 0 Å². The Kier molecular flexibility index (Phi) is 5.50. The van der Waals surface area contributed by atoms with Crippen molar-refractivity contribution in [3.05, 3.63) is 39.6 Å². The lowest BCUT2D eigenvalue weighted by Gasteiger charge is -2.13. The summed E-state index contributed by atoms with van der Waals surface area (Å²) in [4.78, 5) is 14.5. The van der Waals surface area contributed by atoms with E-state index in [1.165, 1.54) is 0 Å². The highest BCUT2D eigenvalue weighted by molar-refractivity contribution is 6.32. The lowest BCUT2D eigenvalue weighted by molar-refractivity contribution is -0.138. The zero-order valence-corrected chi connectivity index (χ0v) is 15.8. The molecule has 5 heteroatoms. The van der Waals surface area contributed by atoms with Gasteiger partial charge in [0.25, 0.3) is 0 Å². The van der Waals surface area contributed by atoms with Gasteiger partial charge in [-0.3, -0.25) is 0 Å². The first-order valence-electron chi connectivity index (χ1n) is 8.84.